The summed E-state index contributed by atoms with van der Waals surface area (Å²) in [6.07, 6.45) is 0. The van der Waals surface area contributed by atoms with Crippen LogP contribution in [0.3, 0.4) is 0 Å². The standard InChI is InChI=1S/C18H21FN2O4S/c1-13(2)18(22)21-15-5-9-17(10-6-15)26(23,24)20-11-12-25-16-7-3-14(19)4-8-16/h3-10,13,20H,11-12H2,1-2H3,(H,21,22). The number of sulfonamides is 1. The van der Waals surface area contributed by atoms with Crippen molar-refractivity contribution >= 4 is 21.6 Å². The topological polar surface area (TPSA) is 84.5 Å². The summed E-state index contributed by atoms with van der Waals surface area (Å²) in [5.74, 6) is -0.222. The summed E-state index contributed by atoms with van der Waals surface area (Å²) in [5.41, 5.74) is 0.530. The highest BCUT2D eigenvalue weighted by atomic mass is 32.2. The minimum atomic E-state index is -3.69. The summed E-state index contributed by atoms with van der Waals surface area (Å²) in [6, 6.07) is 11.4. The molecule has 0 radical (unpaired) electrons. The third-order valence-electron chi connectivity index (χ3n) is 3.43. The van der Waals surface area contributed by atoms with Crippen molar-refractivity contribution in [3.05, 3.63) is 54.3 Å². The smallest absolute Gasteiger partial charge is 0.240 e. The van der Waals surface area contributed by atoms with Crippen molar-refractivity contribution < 1.29 is 22.3 Å². The van der Waals surface area contributed by atoms with Crippen LogP contribution in [0.4, 0.5) is 10.1 Å². The highest BCUT2D eigenvalue weighted by molar-refractivity contribution is 7.89. The molecule has 0 atom stereocenters. The molecule has 0 aliphatic heterocycles. The second kappa shape index (κ2) is 8.77. The predicted octanol–water partition coefficient (Wildman–Crippen LogP) is 2.78. The molecule has 26 heavy (non-hydrogen) atoms. The molecule has 6 nitrogen and oxygen atoms in total. The number of benzene rings is 2. The third kappa shape index (κ3) is 5.82. The van der Waals surface area contributed by atoms with E-state index in [1.807, 2.05) is 0 Å². The van der Waals surface area contributed by atoms with Gasteiger partial charge in [0.2, 0.25) is 15.9 Å². The molecule has 2 aromatic rings. The maximum Gasteiger partial charge on any atom is 0.240 e. The van der Waals surface area contributed by atoms with Crippen LogP contribution in [0.2, 0.25) is 0 Å². The Morgan fingerprint density at radius 1 is 1.08 bits per heavy atom. The molecule has 0 unspecified atom stereocenters. The van der Waals surface area contributed by atoms with Crippen LogP contribution in [-0.2, 0) is 14.8 Å². The Bertz CT molecular complexity index is 834. The van der Waals surface area contributed by atoms with Crippen LogP contribution in [0.1, 0.15) is 13.8 Å². The normalized spacial score (nSPS) is 11.4. The summed E-state index contributed by atoms with van der Waals surface area (Å²) in [6.45, 7) is 3.71. The number of ether oxygens (including phenoxy) is 1. The highest BCUT2D eigenvalue weighted by Gasteiger charge is 2.14. The van der Waals surface area contributed by atoms with Crippen molar-refractivity contribution in [1.82, 2.24) is 4.72 Å². The Labute approximate surface area is 152 Å². The zero-order valence-electron chi connectivity index (χ0n) is 14.5. The number of amides is 1. The van der Waals surface area contributed by atoms with Crippen LogP contribution in [0.25, 0.3) is 0 Å². The molecule has 1 amide bonds. The fourth-order valence-corrected chi connectivity index (χ4v) is 2.98. The van der Waals surface area contributed by atoms with Crippen LogP contribution in [0.15, 0.2) is 53.4 Å². The number of halogens is 1. The molecule has 0 aromatic heterocycles. The van der Waals surface area contributed by atoms with Crippen molar-refractivity contribution in [3.63, 3.8) is 0 Å². The molecule has 0 bridgehead atoms. The number of anilines is 1. The number of carbonyl (C=O) groups is 1. The zero-order chi connectivity index (χ0) is 19.2. The number of rotatable bonds is 8. The van der Waals surface area contributed by atoms with Gasteiger partial charge >= 0.3 is 0 Å². The Morgan fingerprint density at radius 3 is 2.27 bits per heavy atom. The van der Waals surface area contributed by atoms with Crippen LogP contribution in [0.5, 0.6) is 5.75 Å². The van der Waals surface area contributed by atoms with E-state index in [9.17, 15) is 17.6 Å². The van der Waals surface area contributed by atoms with Crippen molar-refractivity contribution in [3.8, 4) is 5.75 Å². The Morgan fingerprint density at radius 2 is 1.69 bits per heavy atom. The van der Waals surface area contributed by atoms with Gasteiger partial charge in [0.25, 0.3) is 0 Å². The van der Waals surface area contributed by atoms with Gasteiger partial charge in [-0.15, -0.1) is 0 Å². The number of carbonyl (C=O) groups excluding carboxylic acids is 1. The van der Waals surface area contributed by atoms with Gasteiger partial charge in [-0.1, -0.05) is 13.8 Å². The Hall–Kier alpha value is -2.45. The van der Waals surface area contributed by atoms with Gasteiger partial charge in [0, 0.05) is 18.2 Å². The molecule has 0 saturated carbocycles. The van der Waals surface area contributed by atoms with E-state index in [1.165, 1.54) is 48.5 Å². The van der Waals surface area contributed by atoms with E-state index in [1.54, 1.807) is 13.8 Å². The van der Waals surface area contributed by atoms with Gasteiger partial charge in [0.15, 0.2) is 0 Å². The minimum absolute atomic E-state index is 0.0611. The van der Waals surface area contributed by atoms with Gasteiger partial charge in [-0.05, 0) is 48.5 Å². The highest BCUT2D eigenvalue weighted by Crippen LogP contribution is 2.15. The molecule has 2 rings (SSSR count). The van der Waals surface area contributed by atoms with E-state index < -0.39 is 10.0 Å². The fourth-order valence-electron chi connectivity index (χ4n) is 1.96. The average molecular weight is 380 g/mol. The lowest BCUT2D eigenvalue weighted by Gasteiger charge is -2.10. The van der Waals surface area contributed by atoms with E-state index in [-0.39, 0.29) is 35.7 Å². The molecule has 8 heteroatoms. The molecular weight excluding hydrogens is 359 g/mol. The Kier molecular flexibility index (Phi) is 6.70. The van der Waals surface area contributed by atoms with Crippen molar-refractivity contribution in [2.24, 2.45) is 5.92 Å². The fraction of sp³-hybridized carbons (Fsp3) is 0.278. The Balaban J connectivity index is 1.86. The lowest BCUT2D eigenvalue weighted by Crippen LogP contribution is -2.28. The van der Waals surface area contributed by atoms with Crippen LogP contribution >= 0.6 is 0 Å². The average Bonchev–Trinajstić information content (AvgIpc) is 2.60. The molecule has 0 fully saturated rings. The van der Waals surface area contributed by atoms with Crippen LogP contribution < -0.4 is 14.8 Å². The lowest BCUT2D eigenvalue weighted by atomic mass is 10.2. The zero-order valence-corrected chi connectivity index (χ0v) is 15.3. The number of nitrogens with one attached hydrogen (secondary N) is 2. The largest absolute Gasteiger partial charge is 0.492 e. The molecule has 2 N–H and O–H groups in total. The first-order valence-electron chi connectivity index (χ1n) is 8.07. The summed E-state index contributed by atoms with van der Waals surface area (Å²) >= 11 is 0. The van der Waals surface area contributed by atoms with E-state index in [2.05, 4.69) is 10.0 Å². The summed E-state index contributed by atoms with van der Waals surface area (Å²) < 4.78 is 45.0. The van der Waals surface area contributed by atoms with E-state index in [0.717, 1.165) is 0 Å². The molecule has 0 heterocycles. The monoisotopic (exact) mass is 380 g/mol. The second-order valence-corrected chi connectivity index (χ2v) is 7.64. The maximum absolute atomic E-state index is 12.8. The third-order valence-corrected chi connectivity index (χ3v) is 4.91. The second-order valence-electron chi connectivity index (χ2n) is 5.87. The first-order valence-corrected chi connectivity index (χ1v) is 9.55. The molecular formula is C18H21FN2O4S. The summed E-state index contributed by atoms with van der Waals surface area (Å²) in [7, 11) is -3.69. The quantitative estimate of drug-likeness (QED) is 0.690. The first kappa shape index (κ1) is 19.9. The van der Waals surface area contributed by atoms with E-state index in [0.29, 0.717) is 11.4 Å². The van der Waals surface area contributed by atoms with Gasteiger partial charge in [0.05, 0.1) is 4.90 Å². The lowest BCUT2D eigenvalue weighted by molar-refractivity contribution is -0.118. The van der Waals surface area contributed by atoms with Crippen LogP contribution in [0, 0.1) is 11.7 Å². The number of hydrogen-bond acceptors (Lipinski definition) is 4. The summed E-state index contributed by atoms with van der Waals surface area (Å²) in [5, 5.41) is 2.69. The van der Waals surface area contributed by atoms with Gasteiger partial charge in [-0.25, -0.2) is 17.5 Å². The van der Waals surface area contributed by atoms with Gasteiger partial charge in [0.1, 0.15) is 18.2 Å². The van der Waals surface area contributed by atoms with Gasteiger partial charge in [-0.2, -0.15) is 0 Å². The predicted molar refractivity (Wildman–Crippen MR) is 97.0 cm³/mol. The minimum Gasteiger partial charge on any atom is -0.492 e. The molecule has 0 spiro atoms. The van der Waals surface area contributed by atoms with Crippen molar-refractivity contribution in [2.75, 3.05) is 18.5 Å². The van der Waals surface area contributed by atoms with Crippen molar-refractivity contribution in [2.45, 2.75) is 18.7 Å². The molecule has 0 saturated heterocycles. The van der Waals surface area contributed by atoms with Crippen molar-refractivity contribution in [1.29, 1.82) is 0 Å². The molecule has 0 aliphatic carbocycles. The SMILES string of the molecule is CC(C)C(=O)Nc1ccc(S(=O)(=O)NCCOc2ccc(F)cc2)cc1. The maximum atomic E-state index is 12.8. The first-order chi connectivity index (χ1) is 12.3. The molecule has 140 valence electrons. The van der Waals surface area contributed by atoms with E-state index >= 15 is 0 Å². The van der Waals surface area contributed by atoms with Crippen LogP contribution in [-0.4, -0.2) is 27.5 Å². The van der Waals surface area contributed by atoms with Gasteiger partial charge < -0.3 is 10.1 Å². The molecule has 0 aliphatic rings. The number of hydrogen-bond donors (Lipinski definition) is 2. The van der Waals surface area contributed by atoms with Gasteiger partial charge in [-0.3, -0.25) is 4.79 Å². The summed E-state index contributed by atoms with van der Waals surface area (Å²) in [4.78, 5) is 11.7. The van der Waals surface area contributed by atoms with E-state index in [4.69, 9.17) is 4.74 Å². The molecule has 2 aromatic carbocycles.